The van der Waals surface area contributed by atoms with Crippen molar-refractivity contribution in [3.63, 3.8) is 0 Å². The lowest BCUT2D eigenvalue weighted by Crippen LogP contribution is -2.28. The molecule has 17 heavy (non-hydrogen) atoms. The van der Waals surface area contributed by atoms with Crippen molar-refractivity contribution >= 4 is 11.5 Å². The van der Waals surface area contributed by atoms with Crippen molar-refractivity contribution in [1.29, 1.82) is 0 Å². The van der Waals surface area contributed by atoms with Crippen LogP contribution in [0.5, 0.6) is 5.75 Å². The highest BCUT2D eigenvalue weighted by atomic mass is 16.5. The number of oxime groups is 1. The summed E-state index contributed by atoms with van der Waals surface area (Å²) in [5.74, 6) is 1.16. The maximum Gasteiger partial charge on any atom is 0.142 e. The molecule has 0 fully saturated rings. The van der Waals surface area contributed by atoms with Gasteiger partial charge >= 0.3 is 0 Å². The normalized spacial score (nSPS) is 16.0. The Kier molecular flexibility index (Phi) is 3.69. The third kappa shape index (κ3) is 2.81. The Balaban J connectivity index is 2.11. The standard InChI is InChI=1S/C12H17N3O2/c13-12(14-16)6-8-15-7-3-9-17-11-5-2-1-4-10(11)15/h1-2,4-5,16H,3,6-9H2,(H2,13,14). The zero-order valence-electron chi connectivity index (χ0n) is 9.67. The minimum Gasteiger partial charge on any atom is -0.491 e. The molecule has 0 aliphatic carbocycles. The number of hydrogen-bond acceptors (Lipinski definition) is 4. The summed E-state index contributed by atoms with van der Waals surface area (Å²) in [5.41, 5.74) is 6.57. The van der Waals surface area contributed by atoms with E-state index in [1.54, 1.807) is 0 Å². The lowest BCUT2D eigenvalue weighted by Gasteiger charge is -2.23. The van der Waals surface area contributed by atoms with E-state index in [-0.39, 0.29) is 5.84 Å². The van der Waals surface area contributed by atoms with Crippen LogP contribution in [-0.2, 0) is 0 Å². The smallest absolute Gasteiger partial charge is 0.142 e. The van der Waals surface area contributed by atoms with Crippen LogP contribution in [0.3, 0.4) is 0 Å². The van der Waals surface area contributed by atoms with Crippen LogP contribution in [-0.4, -0.2) is 30.7 Å². The van der Waals surface area contributed by atoms with E-state index in [4.69, 9.17) is 15.7 Å². The van der Waals surface area contributed by atoms with Gasteiger partial charge in [-0.2, -0.15) is 0 Å². The molecule has 1 heterocycles. The van der Waals surface area contributed by atoms with E-state index in [9.17, 15) is 0 Å². The molecule has 0 bridgehead atoms. The molecular formula is C12H17N3O2. The highest BCUT2D eigenvalue weighted by Crippen LogP contribution is 2.30. The molecule has 0 atom stereocenters. The van der Waals surface area contributed by atoms with Gasteiger partial charge in [0.25, 0.3) is 0 Å². The highest BCUT2D eigenvalue weighted by molar-refractivity contribution is 5.80. The summed E-state index contributed by atoms with van der Waals surface area (Å²) in [6.45, 7) is 2.39. The number of fused-ring (bicyclic) bond motifs is 1. The Labute approximate surface area is 100 Å². The van der Waals surface area contributed by atoms with Gasteiger partial charge in [0.2, 0.25) is 0 Å². The number of amidine groups is 1. The summed E-state index contributed by atoms with van der Waals surface area (Å²) >= 11 is 0. The van der Waals surface area contributed by atoms with Gasteiger partial charge in [0, 0.05) is 19.5 Å². The fourth-order valence-electron chi connectivity index (χ4n) is 1.93. The maximum absolute atomic E-state index is 8.53. The second-order valence-corrected chi connectivity index (χ2v) is 4.00. The summed E-state index contributed by atoms with van der Waals surface area (Å²) in [6.07, 6.45) is 1.52. The number of nitrogens with zero attached hydrogens (tertiary/aromatic N) is 2. The molecule has 0 saturated heterocycles. The van der Waals surface area contributed by atoms with Gasteiger partial charge in [0.15, 0.2) is 0 Å². The summed E-state index contributed by atoms with van der Waals surface area (Å²) in [7, 11) is 0. The van der Waals surface area contributed by atoms with Gasteiger partial charge in [-0.25, -0.2) is 0 Å². The molecule has 0 unspecified atom stereocenters. The summed E-state index contributed by atoms with van der Waals surface area (Å²) in [5, 5.41) is 11.5. The van der Waals surface area contributed by atoms with Crippen LogP contribution in [0.1, 0.15) is 12.8 Å². The van der Waals surface area contributed by atoms with E-state index in [0.29, 0.717) is 6.42 Å². The first kappa shape index (κ1) is 11.6. The lowest BCUT2D eigenvalue weighted by atomic mass is 10.2. The molecule has 0 aromatic heterocycles. The maximum atomic E-state index is 8.53. The van der Waals surface area contributed by atoms with E-state index in [0.717, 1.165) is 37.6 Å². The van der Waals surface area contributed by atoms with Crippen LogP contribution in [0.15, 0.2) is 29.4 Å². The molecule has 1 aliphatic rings. The monoisotopic (exact) mass is 235 g/mol. The first-order chi connectivity index (χ1) is 8.31. The van der Waals surface area contributed by atoms with Crippen LogP contribution >= 0.6 is 0 Å². The fraction of sp³-hybridized carbons (Fsp3) is 0.417. The van der Waals surface area contributed by atoms with Gasteiger partial charge < -0.3 is 20.6 Å². The molecule has 92 valence electrons. The van der Waals surface area contributed by atoms with Gasteiger partial charge in [-0.05, 0) is 18.6 Å². The average molecular weight is 235 g/mol. The number of ether oxygens (including phenoxy) is 1. The second kappa shape index (κ2) is 5.43. The SMILES string of the molecule is N/C(CCN1CCCOc2ccccc21)=N/O. The molecule has 0 amide bonds. The van der Waals surface area contributed by atoms with E-state index in [1.807, 2.05) is 24.3 Å². The van der Waals surface area contributed by atoms with Gasteiger partial charge in [-0.15, -0.1) is 0 Å². The quantitative estimate of drug-likeness (QED) is 0.359. The Bertz CT molecular complexity index is 406. The van der Waals surface area contributed by atoms with Crippen molar-refractivity contribution in [3.8, 4) is 5.75 Å². The molecule has 5 nitrogen and oxygen atoms in total. The molecule has 1 aromatic rings. The second-order valence-electron chi connectivity index (χ2n) is 4.00. The summed E-state index contributed by atoms with van der Waals surface area (Å²) < 4.78 is 5.66. The van der Waals surface area contributed by atoms with Crippen LogP contribution in [0.25, 0.3) is 0 Å². The number of anilines is 1. The molecule has 5 heteroatoms. The third-order valence-corrected chi connectivity index (χ3v) is 2.80. The van der Waals surface area contributed by atoms with Crippen molar-refractivity contribution in [1.82, 2.24) is 0 Å². The van der Waals surface area contributed by atoms with Crippen molar-refractivity contribution in [2.45, 2.75) is 12.8 Å². The van der Waals surface area contributed by atoms with E-state index >= 15 is 0 Å². The Morgan fingerprint density at radius 1 is 1.47 bits per heavy atom. The minimum absolute atomic E-state index is 0.257. The summed E-state index contributed by atoms with van der Waals surface area (Å²) in [4.78, 5) is 2.21. The highest BCUT2D eigenvalue weighted by Gasteiger charge is 2.15. The molecule has 0 radical (unpaired) electrons. The third-order valence-electron chi connectivity index (χ3n) is 2.80. The molecule has 0 saturated carbocycles. The number of benzene rings is 1. The molecule has 3 N–H and O–H groups in total. The zero-order valence-corrected chi connectivity index (χ0v) is 9.67. The number of rotatable bonds is 3. The largest absolute Gasteiger partial charge is 0.491 e. The minimum atomic E-state index is 0.257. The number of nitrogens with two attached hydrogens (primary N) is 1. The Morgan fingerprint density at radius 3 is 3.12 bits per heavy atom. The molecule has 2 rings (SSSR count). The van der Waals surface area contributed by atoms with E-state index in [2.05, 4.69) is 10.1 Å². The Morgan fingerprint density at radius 2 is 2.29 bits per heavy atom. The Hall–Kier alpha value is -1.91. The number of hydrogen-bond donors (Lipinski definition) is 2. The molecular weight excluding hydrogens is 218 g/mol. The van der Waals surface area contributed by atoms with Crippen molar-refractivity contribution in [3.05, 3.63) is 24.3 Å². The van der Waals surface area contributed by atoms with Crippen LogP contribution in [0, 0.1) is 0 Å². The lowest BCUT2D eigenvalue weighted by molar-refractivity contribution is 0.316. The topological polar surface area (TPSA) is 71.1 Å². The van der Waals surface area contributed by atoms with E-state index in [1.165, 1.54) is 0 Å². The van der Waals surface area contributed by atoms with Gasteiger partial charge in [0.05, 0.1) is 12.3 Å². The zero-order chi connectivity index (χ0) is 12.1. The van der Waals surface area contributed by atoms with Gasteiger partial charge in [-0.3, -0.25) is 0 Å². The van der Waals surface area contributed by atoms with E-state index < -0.39 is 0 Å². The van der Waals surface area contributed by atoms with Gasteiger partial charge in [0.1, 0.15) is 11.6 Å². The fourth-order valence-corrected chi connectivity index (χ4v) is 1.93. The first-order valence-corrected chi connectivity index (χ1v) is 5.74. The predicted octanol–water partition coefficient (Wildman–Crippen LogP) is 1.41. The molecule has 1 aliphatic heterocycles. The van der Waals surface area contributed by atoms with Crippen molar-refractivity contribution < 1.29 is 9.94 Å². The van der Waals surface area contributed by atoms with Crippen molar-refractivity contribution in [2.24, 2.45) is 10.9 Å². The van der Waals surface area contributed by atoms with Crippen molar-refractivity contribution in [2.75, 3.05) is 24.6 Å². The van der Waals surface area contributed by atoms with Gasteiger partial charge in [-0.1, -0.05) is 17.3 Å². The van der Waals surface area contributed by atoms with Crippen LogP contribution in [0.2, 0.25) is 0 Å². The molecule has 0 spiro atoms. The van der Waals surface area contributed by atoms with Crippen LogP contribution < -0.4 is 15.4 Å². The summed E-state index contributed by atoms with van der Waals surface area (Å²) in [6, 6.07) is 7.96. The number of para-hydroxylation sites is 2. The average Bonchev–Trinajstić information content (AvgIpc) is 2.58. The van der Waals surface area contributed by atoms with Crippen LogP contribution in [0.4, 0.5) is 5.69 Å². The predicted molar refractivity (Wildman–Crippen MR) is 66.8 cm³/mol. The molecule has 1 aromatic carbocycles. The first-order valence-electron chi connectivity index (χ1n) is 5.74.